The standard InChI is InChI=1S/C25H33NO3/c1-7-8-9-10-19-14-22(28)24(25(29)23(19)17(5)26-18(6)27)21-13-16(4)11-12-20(21)15(2)3/h11-14,17,28-29H,2,7-10H2,1,3-6H3,(H,26,27). The van der Waals surface area contributed by atoms with E-state index in [1.54, 1.807) is 6.07 Å². The number of carbonyl (C=O) groups excluding carboxylic acids is 1. The van der Waals surface area contributed by atoms with Crippen molar-refractivity contribution in [1.82, 2.24) is 5.32 Å². The van der Waals surface area contributed by atoms with Gasteiger partial charge in [-0.05, 0) is 56.4 Å². The lowest BCUT2D eigenvalue weighted by Gasteiger charge is -2.23. The maximum absolute atomic E-state index is 11.7. The normalized spacial score (nSPS) is 11.9. The average molecular weight is 396 g/mol. The summed E-state index contributed by atoms with van der Waals surface area (Å²) in [5, 5.41) is 25.1. The minimum Gasteiger partial charge on any atom is -0.507 e. The lowest BCUT2D eigenvalue weighted by Crippen LogP contribution is -2.24. The molecular formula is C25H33NO3. The monoisotopic (exact) mass is 395 g/mol. The molecule has 0 heterocycles. The lowest BCUT2D eigenvalue weighted by atomic mass is 9.87. The van der Waals surface area contributed by atoms with E-state index in [9.17, 15) is 15.0 Å². The van der Waals surface area contributed by atoms with Gasteiger partial charge in [-0.2, -0.15) is 0 Å². The molecule has 0 fully saturated rings. The summed E-state index contributed by atoms with van der Waals surface area (Å²) in [6.07, 6.45) is 3.83. The molecule has 1 atom stereocenters. The smallest absolute Gasteiger partial charge is 0.217 e. The first-order valence-electron chi connectivity index (χ1n) is 10.3. The lowest BCUT2D eigenvalue weighted by molar-refractivity contribution is -0.119. The van der Waals surface area contributed by atoms with E-state index in [-0.39, 0.29) is 23.4 Å². The molecule has 1 unspecified atom stereocenters. The Hall–Kier alpha value is -2.75. The van der Waals surface area contributed by atoms with Gasteiger partial charge >= 0.3 is 0 Å². The number of aromatic hydroxyl groups is 2. The van der Waals surface area contributed by atoms with Gasteiger partial charge in [-0.3, -0.25) is 4.79 Å². The fourth-order valence-corrected chi connectivity index (χ4v) is 3.86. The topological polar surface area (TPSA) is 69.6 Å². The number of hydrogen-bond acceptors (Lipinski definition) is 3. The Kier molecular flexibility index (Phi) is 7.49. The van der Waals surface area contributed by atoms with Crippen molar-refractivity contribution in [2.24, 2.45) is 0 Å². The molecule has 4 heteroatoms. The van der Waals surface area contributed by atoms with Crippen molar-refractivity contribution in [3.8, 4) is 22.6 Å². The highest BCUT2D eigenvalue weighted by atomic mass is 16.3. The highest BCUT2D eigenvalue weighted by Gasteiger charge is 2.24. The van der Waals surface area contributed by atoms with E-state index >= 15 is 0 Å². The summed E-state index contributed by atoms with van der Waals surface area (Å²) in [5.41, 5.74) is 5.40. The molecule has 0 radical (unpaired) electrons. The van der Waals surface area contributed by atoms with Crippen LogP contribution < -0.4 is 5.32 Å². The summed E-state index contributed by atoms with van der Waals surface area (Å²) in [6, 6.07) is 7.26. The van der Waals surface area contributed by atoms with Crippen LogP contribution in [0.2, 0.25) is 0 Å². The summed E-state index contributed by atoms with van der Waals surface area (Å²) in [5.74, 6) is -0.101. The molecule has 0 aliphatic rings. The van der Waals surface area contributed by atoms with Crippen LogP contribution in [0.1, 0.15) is 75.3 Å². The first-order valence-corrected chi connectivity index (χ1v) is 10.3. The fourth-order valence-electron chi connectivity index (χ4n) is 3.86. The van der Waals surface area contributed by atoms with Crippen molar-refractivity contribution in [2.75, 3.05) is 0 Å². The van der Waals surface area contributed by atoms with Crippen molar-refractivity contribution < 1.29 is 15.0 Å². The maximum atomic E-state index is 11.7. The second-order valence-electron chi connectivity index (χ2n) is 7.90. The fraction of sp³-hybridized carbons (Fsp3) is 0.400. The number of amides is 1. The second kappa shape index (κ2) is 9.64. The van der Waals surface area contributed by atoms with Crippen LogP contribution in [0.4, 0.5) is 0 Å². The van der Waals surface area contributed by atoms with Gasteiger partial charge in [0.05, 0.1) is 11.6 Å². The molecule has 0 saturated heterocycles. The molecule has 2 rings (SSSR count). The third-order valence-electron chi connectivity index (χ3n) is 5.21. The largest absolute Gasteiger partial charge is 0.507 e. The molecule has 29 heavy (non-hydrogen) atoms. The van der Waals surface area contributed by atoms with E-state index in [0.717, 1.165) is 53.5 Å². The molecule has 0 aliphatic carbocycles. The molecule has 4 nitrogen and oxygen atoms in total. The van der Waals surface area contributed by atoms with Crippen molar-refractivity contribution in [2.45, 2.75) is 66.3 Å². The molecule has 2 aromatic rings. The Morgan fingerprint density at radius 2 is 1.86 bits per heavy atom. The molecule has 1 amide bonds. The molecule has 0 spiro atoms. The van der Waals surface area contributed by atoms with Gasteiger partial charge in [0.25, 0.3) is 0 Å². The third-order valence-corrected chi connectivity index (χ3v) is 5.21. The number of hydrogen-bond donors (Lipinski definition) is 3. The second-order valence-corrected chi connectivity index (χ2v) is 7.90. The van der Waals surface area contributed by atoms with E-state index in [1.807, 2.05) is 39.0 Å². The summed E-state index contributed by atoms with van der Waals surface area (Å²) < 4.78 is 0. The zero-order valence-electron chi connectivity index (χ0n) is 18.2. The van der Waals surface area contributed by atoms with Crippen LogP contribution >= 0.6 is 0 Å². The Morgan fingerprint density at radius 3 is 2.45 bits per heavy atom. The van der Waals surface area contributed by atoms with Gasteiger partial charge in [-0.15, -0.1) is 0 Å². The predicted octanol–water partition coefficient (Wildman–Crippen LogP) is 6.04. The molecule has 156 valence electrons. The number of phenols is 2. The van der Waals surface area contributed by atoms with Gasteiger partial charge in [0, 0.05) is 12.5 Å². The number of rotatable bonds is 8. The van der Waals surface area contributed by atoms with Crippen LogP contribution in [0.15, 0.2) is 30.8 Å². The number of phenolic OH excluding ortho intramolecular Hbond substituents is 2. The minimum atomic E-state index is -0.374. The van der Waals surface area contributed by atoms with Crippen LogP contribution in [-0.2, 0) is 11.2 Å². The van der Waals surface area contributed by atoms with Gasteiger partial charge < -0.3 is 15.5 Å². The highest BCUT2D eigenvalue weighted by molar-refractivity contribution is 5.87. The van der Waals surface area contributed by atoms with Crippen molar-refractivity contribution in [1.29, 1.82) is 0 Å². The van der Waals surface area contributed by atoms with E-state index in [1.165, 1.54) is 6.92 Å². The Morgan fingerprint density at radius 1 is 1.17 bits per heavy atom. The molecular weight excluding hydrogens is 362 g/mol. The zero-order chi connectivity index (χ0) is 21.7. The molecule has 0 aromatic heterocycles. The number of carbonyl (C=O) groups is 1. The molecule has 0 saturated carbocycles. The van der Waals surface area contributed by atoms with Crippen LogP contribution in [-0.4, -0.2) is 16.1 Å². The molecule has 3 N–H and O–H groups in total. The van der Waals surface area contributed by atoms with Crippen molar-refractivity contribution >= 4 is 11.5 Å². The molecule has 2 aromatic carbocycles. The van der Waals surface area contributed by atoms with Gasteiger partial charge in [0.15, 0.2) is 0 Å². The van der Waals surface area contributed by atoms with Gasteiger partial charge in [0.2, 0.25) is 5.91 Å². The Balaban J connectivity index is 2.74. The van der Waals surface area contributed by atoms with Crippen LogP contribution in [0.3, 0.4) is 0 Å². The predicted molar refractivity (Wildman–Crippen MR) is 120 cm³/mol. The van der Waals surface area contributed by atoms with Gasteiger partial charge in [0.1, 0.15) is 11.5 Å². The van der Waals surface area contributed by atoms with Crippen molar-refractivity contribution in [3.05, 3.63) is 53.1 Å². The first kappa shape index (κ1) is 22.5. The summed E-state index contributed by atoms with van der Waals surface area (Å²) in [4.78, 5) is 11.7. The van der Waals surface area contributed by atoms with Gasteiger partial charge in [-0.25, -0.2) is 0 Å². The molecule has 0 bridgehead atoms. The quantitative estimate of drug-likeness (QED) is 0.478. The summed E-state index contributed by atoms with van der Waals surface area (Å²) in [7, 11) is 0. The summed E-state index contributed by atoms with van der Waals surface area (Å²) in [6.45, 7) is 13.4. The minimum absolute atomic E-state index is 0.0193. The number of aryl methyl sites for hydroxylation is 2. The Labute approximate surface area is 174 Å². The zero-order valence-corrected chi connectivity index (χ0v) is 18.2. The van der Waals surface area contributed by atoms with E-state index in [4.69, 9.17) is 0 Å². The van der Waals surface area contributed by atoms with Crippen LogP contribution in [0.5, 0.6) is 11.5 Å². The average Bonchev–Trinajstić information content (AvgIpc) is 2.60. The van der Waals surface area contributed by atoms with Crippen LogP contribution in [0, 0.1) is 6.92 Å². The van der Waals surface area contributed by atoms with Gasteiger partial charge in [-0.1, -0.05) is 55.7 Å². The SMILES string of the molecule is C=C(C)c1ccc(C)cc1-c1c(O)cc(CCCCC)c(C(C)NC(C)=O)c1O. The van der Waals surface area contributed by atoms with E-state index in [0.29, 0.717) is 11.1 Å². The third kappa shape index (κ3) is 5.20. The van der Waals surface area contributed by atoms with E-state index in [2.05, 4.69) is 18.8 Å². The summed E-state index contributed by atoms with van der Waals surface area (Å²) >= 11 is 0. The first-order chi connectivity index (χ1) is 13.7. The van der Waals surface area contributed by atoms with Crippen molar-refractivity contribution in [3.63, 3.8) is 0 Å². The Bertz CT molecular complexity index is 915. The number of allylic oxidation sites excluding steroid dienone is 1. The number of nitrogens with one attached hydrogen (secondary N) is 1. The highest BCUT2D eigenvalue weighted by Crippen LogP contribution is 2.46. The molecule has 0 aliphatic heterocycles. The number of benzene rings is 2. The van der Waals surface area contributed by atoms with E-state index < -0.39 is 0 Å². The number of unbranched alkanes of at least 4 members (excludes halogenated alkanes) is 2. The van der Waals surface area contributed by atoms with Crippen LogP contribution in [0.25, 0.3) is 16.7 Å². The maximum Gasteiger partial charge on any atom is 0.217 e.